The van der Waals surface area contributed by atoms with Gasteiger partial charge in [0.2, 0.25) is 17.7 Å². The molecule has 28 nitrogen and oxygen atoms in total. The number of piperidine rings is 1. The minimum atomic E-state index is -1.24. The summed E-state index contributed by atoms with van der Waals surface area (Å²) in [4.78, 5) is 86.1. The van der Waals surface area contributed by atoms with Crippen molar-refractivity contribution >= 4 is 103 Å². The van der Waals surface area contributed by atoms with Gasteiger partial charge in [0.25, 0.3) is 0 Å². The standard InChI is InChI=1S/C80H111Cl2FN10O18S2/c1-53-11-9-10-18-80(52-94)49-67(110-77(99)90-80)79(5)51-78(4,111-79)66(48-70(97)92(7)64-44-56(41-53)45-65(100-8)72(64)82)109-76(98)55(3)91(6)69(96)17-39-112-113-40-38-108-37-36-107-35-34-106-33-32-105-31-30-104-29-28-103-27-26-102-25-24-101-23-16-68(95)85-19-20-86-74-71(75-88-62-13-12-58(81)47-63(62)89-75)73(93-21-14-60(84)15-22-93)61(50-87-74)57-42-54(2)43-59(83)46-57/h9-13,42-47,50,55,60,66-67,94H,14-41,48-49,51-52,84H2,1-8H3,(H,85,95)(H,86,87)(H,88,89)(H,90,99)/b10-9+,53-11+/t55-,66+,67?,78?,79?,80+/m1/s1. The monoisotopic (exact) mass is 1650 g/mol. The van der Waals surface area contributed by atoms with Crippen LogP contribution in [0, 0.1) is 12.7 Å². The largest absolute Gasteiger partial charge is 0.495 e. The number of H-pyrrole nitrogens is 1. The molecule has 3 saturated heterocycles. The molecule has 0 radical (unpaired) electrons. The van der Waals surface area contributed by atoms with Crippen LogP contribution in [-0.2, 0) is 77.7 Å². The molecule has 7 N–H and O–H groups in total. The number of rotatable bonds is 43. The Morgan fingerprint density at radius 3 is 2.09 bits per heavy atom. The van der Waals surface area contributed by atoms with Crippen molar-refractivity contribution in [1.29, 1.82) is 0 Å². The number of benzene rings is 3. The van der Waals surface area contributed by atoms with Gasteiger partial charge in [-0.05, 0) is 119 Å². The predicted octanol–water partition coefficient (Wildman–Crippen LogP) is 10.2. The Labute approximate surface area is 679 Å². The molecule has 3 fully saturated rings. The van der Waals surface area contributed by atoms with Gasteiger partial charge in [-0.2, -0.15) is 0 Å². The number of anilines is 3. The third kappa shape index (κ3) is 26.8. The summed E-state index contributed by atoms with van der Waals surface area (Å²) in [5, 5.41) is 20.7. The van der Waals surface area contributed by atoms with Crippen molar-refractivity contribution in [2.75, 3.05) is 186 Å². The molecule has 2 aromatic heterocycles. The van der Waals surface area contributed by atoms with Crippen LogP contribution in [0.4, 0.5) is 26.4 Å². The molecule has 33 heteroatoms. The molecule has 6 bridgehead atoms. The van der Waals surface area contributed by atoms with Crippen molar-refractivity contribution in [1.82, 2.24) is 30.5 Å². The van der Waals surface area contributed by atoms with Crippen molar-refractivity contribution in [3.63, 3.8) is 0 Å². The number of nitrogens with one attached hydrogen (secondary N) is 4. The van der Waals surface area contributed by atoms with Gasteiger partial charge in [-0.3, -0.25) is 14.4 Å². The number of imidazole rings is 1. The van der Waals surface area contributed by atoms with E-state index in [-0.39, 0.29) is 74.0 Å². The molecule has 113 heavy (non-hydrogen) atoms. The zero-order chi connectivity index (χ0) is 80.9. The van der Waals surface area contributed by atoms with E-state index in [0.29, 0.717) is 183 Å². The van der Waals surface area contributed by atoms with E-state index in [1.54, 1.807) is 50.9 Å². The topological polar surface area (TPSA) is 330 Å². The highest BCUT2D eigenvalue weighted by molar-refractivity contribution is 8.76. The summed E-state index contributed by atoms with van der Waals surface area (Å²) in [5.41, 5.74) is 10.5. The lowest BCUT2D eigenvalue weighted by Gasteiger charge is -2.59. The molecule has 3 unspecified atom stereocenters. The maximum Gasteiger partial charge on any atom is 0.408 e. The number of nitrogens with zero attached hydrogens (tertiary/aromatic N) is 5. The summed E-state index contributed by atoms with van der Waals surface area (Å²) in [5.74, 6) is 0.742. The Morgan fingerprint density at radius 2 is 1.46 bits per heavy atom. The van der Waals surface area contributed by atoms with E-state index in [1.165, 1.54) is 46.9 Å². The second kappa shape index (κ2) is 45.0. The molecule has 622 valence electrons. The number of alkyl carbamates (subject to hydrolysis) is 1. The van der Waals surface area contributed by atoms with E-state index in [4.69, 9.17) is 95.7 Å². The molecule has 0 spiro atoms. The maximum absolute atomic E-state index is 14.9. The van der Waals surface area contributed by atoms with Crippen LogP contribution in [0.25, 0.3) is 33.5 Å². The number of ether oxygens (including phenoxy) is 12. The molecule has 4 amide bonds. The Morgan fingerprint density at radius 1 is 0.832 bits per heavy atom. The number of hydrogen-bond donors (Lipinski definition) is 6. The predicted molar refractivity (Wildman–Crippen MR) is 436 cm³/mol. The maximum atomic E-state index is 14.9. The summed E-state index contributed by atoms with van der Waals surface area (Å²) in [6, 6.07) is 13.1. The van der Waals surface area contributed by atoms with Gasteiger partial charge < -0.3 is 103 Å². The number of aliphatic hydroxyl groups is 1. The third-order valence-electron chi connectivity index (χ3n) is 20.1. The number of amides is 4. The van der Waals surface area contributed by atoms with Crippen LogP contribution in [0.1, 0.15) is 90.2 Å². The number of aryl methyl sites for hydroxylation is 1. The van der Waals surface area contributed by atoms with E-state index < -0.39 is 53.0 Å². The molecule has 5 aliphatic rings. The van der Waals surface area contributed by atoms with Crippen molar-refractivity contribution < 1.29 is 90.3 Å². The number of pyridine rings is 1. The first kappa shape index (κ1) is 90.0. The fourth-order valence-electron chi connectivity index (χ4n) is 13.8. The van der Waals surface area contributed by atoms with Gasteiger partial charge in [0.15, 0.2) is 0 Å². The Kier molecular flexibility index (Phi) is 35.8. The van der Waals surface area contributed by atoms with Gasteiger partial charge in [0.05, 0.1) is 159 Å². The van der Waals surface area contributed by atoms with Crippen LogP contribution in [0.3, 0.4) is 0 Å². The molecular formula is C80H111Cl2FN10O18S2. The molecule has 6 atom stereocenters. The summed E-state index contributed by atoms with van der Waals surface area (Å²) in [6.45, 7) is 17.0. The minimum absolute atomic E-state index is 0.0809. The summed E-state index contributed by atoms with van der Waals surface area (Å²) >= 11 is 13.2. The van der Waals surface area contributed by atoms with Crippen molar-refractivity contribution in [2.24, 2.45) is 5.73 Å². The molecular weight excluding hydrogens is 1540 g/mol. The van der Waals surface area contributed by atoms with E-state index in [9.17, 15) is 33.5 Å². The smallest absolute Gasteiger partial charge is 0.408 e. The Bertz CT molecular complexity index is 3980. The van der Waals surface area contributed by atoms with E-state index >= 15 is 0 Å². The van der Waals surface area contributed by atoms with Crippen LogP contribution < -0.4 is 36.2 Å². The van der Waals surface area contributed by atoms with Gasteiger partial charge in [-0.15, -0.1) is 0 Å². The average Bonchev–Trinajstić information content (AvgIpc) is 1.41. The first-order valence-electron chi connectivity index (χ1n) is 38.5. The number of aromatic amines is 1. The fourth-order valence-corrected chi connectivity index (χ4v) is 16.1. The molecule has 5 aliphatic heterocycles. The number of carbonyl (C=O) groups is 5. The number of aliphatic hydroxyl groups excluding tert-OH is 1. The summed E-state index contributed by atoms with van der Waals surface area (Å²) in [7, 11) is 7.72. The highest BCUT2D eigenvalue weighted by Crippen LogP contribution is 2.51. The number of likely N-dealkylation sites (N-methyl/N-ethyl adjacent to an activating group) is 1. The summed E-state index contributed by atoms with van der Waals surface area (Å²) < 4.78 is 84.2. The van der Waals surface area contributed by atoms with E-state index in [2.05, 4.69) is 25.8 Å². The fraction of sp³-hybridized carbons (Fsp3) is 0.588. The molecule has 3 aromatic carbocycles. The lowest BCUT2D eigenvalue weighted by molar-refractivity contribution is -0.323. The van der Waals surface area contributed by atoms with Gasteiger partial charge in [-0.25, -0.2) is 23.9 Å². The number of carbonyl (C=O) groups excluding carboxylic acids is 5. The van der Waals surface area contributed by atoms with Crippen LogP contribution in [-0.4, -0.2) is 267 Å². The van der Waals surface area contributed by atoms with Crippen LogP contribution >= 0.6 is 44.8 Å². The van der Waals surface area contributed by atoms with Crippen molar-refractivity contribution in [3.05, 3.63) is 106 Å². The first-order chi connectivity index (χ1) is 54.4. The number of esters is 1. The van der Waals surface area contributed by atoms with Gasteiger partial charge in [0, 0.05) is 100 Å². The highest BCUT2D eigenvalue weighted by atomic mass is 35.5. The number of halogens is 3. The lowest BCUT2D eigenvalue weighted by Crippen LogP contribution is -2.71. The molecule has 10 rings (SSSR count). The van der Waals surface area contributed by atoms with Crippen LogP contribution in [0.5, 0.6) is 5.75 Å². The van der Waals surface area contributed by atoms with Crippen LogP contribution in [0.15, 0.2) is 78.5 Å². The number of aromatic nitrogens is 3. The van der Waals surface area contributed by atoms with Crippen LogP contribution in [0.2, 0.25) is 10.0 Å². The summed E-state index contributed by atoms with van der Waals surface area (Å²) in [6.07, 6.45) is 7.65. The molecule has 7 heterocycles. The van der Waals surface area contributed by atoms with Gasteiger partial charge in [0.1, 0.15) is 57.7 Å². The zero-order valence-electron chi connectivity index (χ0n) is 66.0. The number of hydrogen-bond acceptors (Lipinski definition) is 25. The minimum Gasteiger partial charge on any atom is -0.495 e. The van der Waals surface area contributed by atoms with Crippen molar-refractivity contribution in [3.8, 4) is 28.3 Å². The lowest BCUT2D eigenvalue weighted by atomic mass is 9.71. The second-order valence-corrected chi connectivity index (χ2v) is 32.5. The number of methoxy groups -OCH3 is 1. The third-order valence-corrected chi connectivity index (χ3v) is 23.0. The Balaban J connectivity index is 0.553. The van der Waals surface area contributed by atoms with E-state index in [1.807, 2.05) is 62.4 Å². The molecule has 0 aliphatic carbocycles. The zero-order valence-corrected chi connectivity index (χ0v) is 69.2. The first-order valence-corrected chi connectivity index (χ1v) is 41.7. The number of nitrogens with two attached hydrogens (primary N) is 1. The Hall–Kier alpha value is -6.92. The second-order valence-electron chi connectivity index (χ2n) is 28.9. The highest BCUT2D eigenvalue weighted by Gasteiger charge is 2.63. The van der Waals surface area contributed by atoms with Gasteiger partial charge >= 0.3 is 12.1 Å². The number of fused-ring (bicyclic) bond motifs is 7. The van der Waals surface area contributed by atoms with Crippen molar-refractivity contribution in [2.45, 2.75) is 133 Å². The van der Waals surface area contributed by atoms with Gasteiger partial charge in [-0.1, -0.05) is 74.7 Å². The quantitative estimate of drug-likeness (QED) is 0.0120. The number of allylic oxidation sites excluding steroid dienone is 3. The SMILES string of the molecule is COc1cc2cc(c1Cl)N(C)C(=O)C[C@H](OC(=O)[C@@H](C)N(C)C(=O)CCSSCCOCCOCCOCCOCCOCCOCCOCCOCCC(=O)NCCNc1ncc(-c3cc(C)cc(F)c3)c(N3CCC(N)CC3)c1-c1nc3ccc(Cl)cc3[nH]1)C1(C)CC(C)(O1)C1C[C@](CO)(C/C=C/C=C(\C)C2)NC(=O)O1. The molecule has 0 saturated carbocycles. The molecule has 5 aromatic rings. The normalized spacial score (nSPS) is 21.2. The van der Waals surface area contributed by atoms with E-state index in [0.717, 1.165) is 57.4 Å². The average molecular weight is 1650 g/mol.